The van der Waals surface area contributed by atoms with Gasteiger partial charge in [-0.05, 0) is 56.4 Å². The van der Waals surface area contributed by atoms with Gasteiger partial charge in [-0.15, -0.1) is 0 Å². The van der Waals surface area contributed by atoms with Gasteiger partial charge in [-0.2, -0.15) is 0 Å². The molecule has 2 aliphatic rings. The van der Waals surface area contributed by atoms with Crippen molar-refractivity contribution in [2.45, 2.75) is 57.9 Å². The van der Waals surface area contributed by atoms with Crippen LogP contribution < -0.4 is 5.32 Å². The van der Waals surface area contributed by atoms with Crippen molar-refractivity contribution in [3.63, 3.8) is 0 Å². The number of amides is 2. The van der Waals surface area contributed by atoms with Gasteiger partial charge in [0.15, 0.2) is 0 Å². The molecular formula is C20H27BrN2O2. The molecule has 1 N–H and O–H groups in total. The first-order valence-electron chi connectivity index (χ1n) is 9.40. The molecule has 1 atom stereocenters. The fourth-order valence-electron chi connectivity index (χ4n) is 3.98. The van der Waals surface area contributed by atoms with E-state index in [-0.39, 0.29) is 17.7 Å². The molecule has 1 unspecified atom stereocenters. The molecule has 0 bridgehead atoms. The molecule has 3 rings (SSSR count). The number of aryl methyl sites for hydroxylation is 1. The van der Waals surface area contributed by atoms with Crippen molar-refractivity contribution >= 4 is 27.7 Å². The van der Waals surface area contributed by atoms with Crippen LogP contribution in [0.1, 0.15) is 60.9 Å². The quantitative estimate of drug-likeness (QED) is 0.822. The summed E-state index contributed by atoms with van der Waals surface area (Å²) in [6, 6.07) is 6.07. The Bertz CT molecular complexity index is 641. The number of carbonyl (C=O) groups excluding carboxylic acids is 2. The summed E-state index contributed by atoms with van der Waals surface area (Å²) in [7, 11) is 0. The molecule has 0 radical (unpaired) electrons. The molecule has 1 aliphatic heterocycles. The van der Waals surface area contributed by atoms with Crippen molar-refractivity contribution in [2.24, 2.45) is 5.92 Å². The molecular weight excluding hydrogens is 380 g/mol. The van der Waals surface area contributed by atoms with Crippen molar-refractivity contribution in [1.82, 2.24) is 10.2 Å². The lowest BCUT2D eigenvalue weighted by Crippen LogP contribution is -2.48. The number of nitrogens with one attached hydrogen (secondary N) is 1. The van der Waals surface area contributed by atoms with E-state index in [1.807, 2.05) is 30.0 Å². The van der Waals surface area contributed by atoms with Crippen LogP contribution in [-0.2, 0) is 4.79 Å². The first-order valence-corrected chi connectivity index (χ1v) is 10.2. The molecule has 1 saturated heterocycles. The number of piperidine rings is 1. The number of benzene rings is 1. The molecule has 0 spiro atoms. The molecule has 1 heterocycles. The van der Waals surface area contributed by atoms with Crippen LogP contribution in [-0.4, -0.2) is 35.8 Å². The summed E-state index contributed by atoms with van der Waals surface area (Å²) < 4.78 is 0.977. The van der Waals surface area contributed by atoms with Crippen LogP contribution in [0.15, 0.2) is 22.7 Å². The van der Waals surface area contributed by atoms with Gasteiger partial charge in [0.1, 0.15) is 0 Å². The van der Waals surface area contributed by atoms with Crippen molar-refractivity contribution in [3.05, 3.63) is 33.8 Å². The van der Waals surface area contributed by atoms with Gasteiger partial charge in [-0.3, -0.25) is 9.59 Å². The number of nitrogens with zero attached hydrogens (tertiary/aromatic N) is 1. The van der Waals surface area contributed by atoms with Crippen molar-refractivity contribution in [1.29, 1.82) is 0 Å². The maximum absolute atomic E-state index is 12.9. The van der Waals surface area contributed by atoms with Gasteiger partial charge < -0.3 is 10.2 Å². The molecule has 5 heteroatoms. The van der Waals surface area contributed by atoms with Gasteiger partial charge in [0, 0.05) is 29.2 Å². The minimum atomic E-state index is -0.0737. The Kier molecular flexibility index (Phi) is 6.15. The molecule has 136 valence electrons. The number of carbonyl (C=O) groups is 2. The second-order valence-electron chi connectivity index (χ2n) is 7.39. The van der Waals surface area contributed by atoms with Gasteiger partial charge in [0.25, 0.3) is 5.91 Å². The molecule has 25 heavy (non-hydrogen) atoms. The van der Waals surface area contributed by atoms with E-state index in [0.29, 0.717) is 12.6 Å². The number of likely N-dealkylation sites (tertiary alicyclic amines) is 1. The summed E-state index contributed by atoms with van der Waals surface area (Å²) in [5.41, 5.74) is 1.70. The second-order valence-corrected chi connectivity index (χ2v) is 8.31. The van der Waals surface area contributed by atoms with Crippen LogP contribution in [0.5, 0.6) is 0 Å². The third-order valence-electron chi connectivity index (χ3n) is 5.45. The smallest absolute Gasteiger partial charge is 0.254 e. The Labute approximate surface area is 158 Å². The number of hydrogen-bond acceptors (Lipinski definition) is 2. The fourth-order valence-corrected chi connectivity index (χ4v) is 4.45. The zero-order chi connectivity index (χ0) is 17.8. The van der Waals surface area contributed by atoms with E-state index < -0.39 is 0 Å². The summed E-state index contributed by atoms with van der Waals surface area (Å²) in [6.07, 6.45) is 7.67. The van der Waals surface area contributed by atoms with Gasteiger partial charge in [-0.25, -0.2) is 0 Å². The zero-order valence-corrected chi connectivity index (χ0v) is 16.5. The van der Waals surface area contributed by atoms with Gasteiger partial charge in [-0.1, -0.05) is 35.2 Å². The lowest BCUT2D eigenvalue weighted by molar-refractivity contribution is -0.127. The third-order valence-corrected chi connectivity index (χ3v) is 5.94. The average molecular weight is 407 g/mol. The summed E-state index contributed by atoms with van der Waals surface area (Å²) in [6.45, 7) is 3.23. The molecule has 1 saturated carbocycles. The van der Waals surface area contributed by atoms with Crippen LogP contribution in [0, 0.1) is 12.8 Å². The van der Waals surface area contributed by atoms with Gasteiger partial charge in [0.05, 0.1) is 5.92 Å². The summed E-state index contributed by atoms with van der Waals surface area (Å²) >= 11 is 3.44. The topological polar surface area (TPSA) is 49.4 Å². The highest BCUT2D eigenvalue weighted by Crippen LogP contribution is 2.23. The second kappa shape index (κ2) is 8.35. The highest BCUT2D eigenvalue weighted by Gasteiger charge is 2.30. The first-order chi connectivity index (χ1) is 12.0. The molecule has 1 aliphatic carbocycles. The predicted octanol–water partition coefficient (Wildman–Crippen LogP) is 4.06. The Morgan fingerprint density at radius 1 is 1.12 bits per heavy atom. The Morgan fingerprint density at radius 2 is 1.88 bits per heavy atom. The number of rotatable bonds is 3. The van der Waals surface area contributed by atoms with Crippen LogP contribution in [0.4, 0.5) is 0 Å². The number of hydrogen-bond donors (Lipinski definition) is 1. The van der Waals surface area contributed by atoms with Crippen LogP contribution in [0.2, 0.25) is 0 Å². The van der Waals surface area contributed by atoms with E-state index in [1.165, 1.54) is 19.3 Å². The molecule has 1 aromatic carbocycles. The highest BCUT2D eigenvalue weighted by molar-refractivity contribution is 9.10. The normalized spacial score (nSPS) is 21.8. The average Bonchev–Trinajstić information content (AvgIpc) is 2.62. The van der Waals surface area contributed by atoms with E-state index in [0.717, 1.165) is 47.8 Å². The zero-order valence-electron chi connectivity index (χ0n) is 14.9. The minimum absolute atomic E-state index is 0.0418. The first kappa shape index (κ1) is 18.4. The molecule has 2 amide bonds. The van der Waals surface area contributed by atoms with Gasteiger partial charge in [0.2, 0.25) is 5.91 Å². The Morgan fingerprint density at radius 3 is 2.60 bits per heavy atom. The van der Waals surface area contributed by atoms with E-state index in [4.69, 9.17) is 0 Å². The summed E-state index contributed by atoms with van der Waals surface area (Å²) in [5, 5.41) is 3.22. The molecule has 1 aromatic rings. The van der Waals surface area contributed by atoms with E-state index in [2.05, 4.69) is 21.2 Å². The monoisotopic (exact) mass is 406 g/mol. The van der Waals surface area contributed by atoms with Gasteiger partial charge >= 0.3 is 0 Å². The maximum Gasteiger partial charge on any atom is 0.254 e. The standard InChI is InChI=1S/C20H27BrN2O2/c1-14-12-16(21)9-10-18(14)20(25)23-11-5-6-15(13-23)19(24)22-17-7-3-2-4-8-17/h9-10,12,15,17H,2-8,11,13H2,1H3,(H,22,24). The number of halogens is 1. The van der Waals surface area contributed by atoms with E-state index in [9.17, 15) is 9.59 Å². The molecule has 0 aromatic heterocycles. The Balaban J connectivity index is 1.62. The Hall–Kier alpha value is -1.36. The maximum atomic E-state index is 12.9. The van der Waals surface area contributed by atoms with Crippen LogP contribution >= 0.6 is 15.9 Å². The van der Waals surface area contributed by atoms with Crippen LogP contribution in [0.25, 0.3) is 0 Å². The SMILES string of the molecule is Cc1cc(Br)ccc1C(=O)N1CCCC(C(=O)NC2CCCCC2)C1. The lowest BCUT2D eigenvalue weighted by atomic mass is 9.92. The predicted molar refractivity (Wildman–Crippen MR) is 103 cm³/mol. The summed E-state index contributed by atoms with van der Waals surface area (Å²) in [5.74, 6) is 0.104. The van der Waals surface area contributed by atoms with Crippen LogP contribution in [0.3, 0.4) is 0 Å². The molecule has 4 nitrogen and oxygen atoms in total. The van der Waals surface area contributed by atoms with E-state index >= 15 is 0 Å². The minimum Gasteiger partial charge on any atom is -0.353 e. The van der Waals surface area contributed by atoms with E-state index in [1.54, 1.807) is 0 Å². The summed E-state index contributed by atoms with van der Waals surface area (Å²) in [4.78, 5) is 27.3. The fraction of sp³-hybridized carbons (Fsp3) is 0.600. The molecule has 2 fully saturated rings. The van der Waals surface area contributed by atoms with Crippen molar-refractivity contribution in [3.8, 4) is 0 Å². The largest absolute Gasteiger partial charge is 0.353 e. The lowest BCUT2D eigenvalue weighted by Gasteiger charge is -2.33. The van der Waals surface area contributed by atoms with Crippen molar-refractivity contribution in [2.75, 3.05) is 13.1 Å². The van der Waals surface area contributed by atoms with Crippen molar-refractivity contribution < 1.29 is 9.59 Å². The third kappa shape index (κ3) is 4.63. The highest BCUT2D eigenvalue weighted by atomic mass is 79.9.